The molecule has 0 spiro atoms. The molecule has 0 saturated heterocycles. The zero-order valence-electron chi connectivity index (χ0n) is 11.3. The van der Waals surface area contributed by atoms with Crippen LogP contribution in [0.5, 0.6) is 0 Å². The molecule has 0 aliphatic carbocycles. The van der Waals surface area contributed by atoms with Crippen LogP contribution >= 0.6 is 27.5 Å². The van der Waals surface area contributed by atoms with Crippen LogP contribution in [0.3, 0.4) is 0 Å². The second-order valence-corrected chi connectivity index (χ2v) is 6.08. The summed E-state index contributed by atoms with van der Waals surface area (Å²) in [7, 11) is 1.88. The van der Waals surface area contributed by atoms with Gasteiger partial charge in [-0.15, -0.1) is 0 Å². The average molecular weight is 364 g/mol. The van der Waals surface area contributed by atoms with Crippen LogP contribution in [-0.2, 0) is 13.5 Å². The van der Waals surface area contributed by atoms with E-state index in [1.165, 1.54) is 0 Å². The molecule has 3 rings (SSSR count). The van der Waals surface area contributed by atoms with E-state index in [9.17, 15) is 4.79 Å². The number of halogens is 2. The summed E-state index contributed by atoms with van der Waals surface area (Å²) in [6, 6.07) is 13.1. The molecule has 0 fully saturated rings. The fourth-order valence-electron chi connectivity index (χ4n) is 2.34. The molecule has 0 amide bonds. The van der Waals surface area contributed by atoms with Gasteiger partial charge < -0.3 is 0 Å². The van der Waals surface area contributed by atoms with Gasteiger partial charge in [0.05, 0.1) is 22.7 Å². The van der Waals surface area contributed by atoms with Crippen molar-refractivity contribution in [2.24, 2.45) is 7.05 Å². The number of nitrogens with zero attached hydrogens (tertiary/aromatic N) is 2. The van der Waals surface area contributed by atoms with Gasteiger partial charge >= 0.3 is 0 Å². The van der Waals surface area contributed by atoms with Crippen molar-refractivity contribution in [2.45, 2.75) is 6.42 Å². The lowest BCUT2D eigenvalue weighted by atomic mass is 10.0. The maximum atomic E-state index is 12.4. The first-order chi connectivity index (χ1) is 10.1. The van der Waals surface area contributed by atoms with Crippen molar-refractivity contribution >= 4 is 44.2 Å². The molecule has 0 saturated carbocycles. The molecular formula is C16H12BrClN2O. The molecule has 106 valence electrons. The van der Waals surface area contributed by atoms with Crippen molar-refractivity contribution in [2.75, 3.05) is 0 Å². The van der Waals surface area contributed by atoms with E-state index in [2.05, 4.69) is 21.0 Å². The number of Topliss-reactive ketones (excluding diaryl/α,β-unsaturated/α-hetero) is 1. The van der Waals surface area contributed by atoms with E-state index < -0.39 is 0 Å². The number of fused-ring (bicyclic) bond motifs is 1. The Balaban J connectivity index is 1.94. The number of aryl methyl sites for hydroxylation is 1. The Labute approximate surface area is 135 Å². The minimum atomic E-state index is 0.00764. The summed E-state index contributed by atoms with van der Waals surface area (Å²) in [6.45, 7) is 0. The Kier molecular flexibility index (Phi) is 3.83. The van der Waals surface area contributed by atoms with Crippen LogP contribution in [0.25, 0.3) is 10.9 Å². The number of carbonyl (C=O) groups is 1. The highest BCUT2D eigenvalue weighted by molar-refractivity contribution is 9.10. The van der Waals surface area contributed by atoms with Crippen LogP contribution in [0, 0.1) is 0 Å². The standard InChI is InChI=1S/C16H12BrClN2O/c1-20-15-5-3-2-4-11(15)14(19-20)9-16(21)10-6-7-12(17)13(18)8-10/h2-8H,9H2,1H3. The second kappa shape index (κ2) is 5.62. The third-order valence-corrected chi connectivity index (χ3v) is 4.64. The molecule has 0 aliphatic rings. The predicted octanol–water partition coefficient (Wildman–Crippen LogP) is 4.41. The minimum Gasteiger partial charge on any atom is -0.294 e. The number of carbonyl (C=O) groups excluding carboxylic acids is 1. The third kappa shape index (κ3) is 2.74. The number of para-hydroxylation sites is 1. The number of hydrogen-bond donors (Lipinski definition) is 0. The third-order valence-electron chi connectivity index (χ3n) is 3.40. The molecule has 0 aliphatic heterocycles. The van der Waals surface area contributed by atoms with Crippen molar-refractivity contribution in [1.29, 1.82) is 0 Å². The molecule has 0 bridgehead atoms. The Bertz CT molecular complexity index is 841. The lowest BCUT2D eigenvalue weighted by Gasteiger charge is -2.02. The zero-order chi connectivity index (χ0) is 15.0. The molecule has 2 aromatic carbocycles. The molecule has 0 radical (unpaired) electrons. The van der Waals surface area contributed by atoms with Crippen molar-refractivity contribution in [3.8, 4) is 0 Å². The van der Waals surface area contributed by atoms with Gasteiger partial charge in [0.2, 0.25) is 0 Å². The molecule has 1 aromatic heterocycles. The number of benzene rings is 2. The van der Waals surface area contributed by atoms with Gasteiger partial charge in [-0.2, -0.15) is 5.10 Å². The number of ketones is 1. The Morgan fingerprint density at radius 2 is 2.05 bits per heavy atom. The molecule has 5 heteroatoms. The predicted molar refractivity (Wildman–Crippen MR) is 87.9 cm³/mol. The molecule has 1 heterocycles. The first-order valence-electron chi connectivity index (χ1n) is 6.45. The summed E-state index contributed by atoms with van der Waals surface area (Å²) in [6.07, 6.45) is 0.263. The van der Waals surface area contributed by atoms with Crippen molar-refractivity contribution in [1.82, 2.24) is 9.78 Å². The second-order valence-electron chi connectivity index (χ2n) is 4.82. The van der Waals surface area contributed by atoms with Gasteiger partial charge in [-0.25, -0.2) is 0 Å². The van der Waals surface area contributed by atoms with E-state index in [1.807, 2.05) is 31.3 Å². The summed E-state index contributed by atoms with van der Waals surface area (Å²) in [5.41, 5.74) is 2.41. The number of hydrogen-bond acceptors (Lipinski definition) is 2. The molecular weight excluding hydrogens is 352 g/mol. The van der Waals surface area contributed by atoms with Gasteiger partial charge in [0.25, 0.3) is 0 Å². The Morgan fingerprint density at radius 3 is 2.81 bits per heavy atom. The van der Waals surface area contributed by atoms with Crippen molar-refractivity contribution in [3.05, 3.63) is 63.2 Å². The molecule has 0 N–H and O–H groups in total. The lowest BCUT2D eigenvalue weighted by molar-refractivity contribution is 0.0992. The zero-order valence-corrected chi connectivity index (χ0v) is 13.6. The highest BCUT2D eigenvalue weighted by Gasteiger charge is 2.14. The average Bonchev–Trinajstić information content (AvgIpc) is 2.79. The molecule has 3 nitrogen and oxygen atoms in total. The monoisotopic (exact) mass is 362 g/mol. The Hall–Kier alpha value is -1.65. The number of aromatic nitrogens is 2. The van der Waals surface area contributed by atoms with Crippen molar-refractivity contribution in [3.63, 3.8) is 0 Å². The smallest absolute Gasteiger partial charge is 0.168 e. The van der Waals surface area contributed by atoms with E-state index in [1.54, 1.807) is 22.9 Å². The Morgan fingerprint density at radius 1 is 1.29 bits per heavy atom. The molecule has 0 atom stereocenters. The quantitative estimate of drug-likeness (QED) is 0.646. The maximum absolute atomic E-state index is 12.4. The van der Waals surface area contributed by atoms with Crippen LogP contribution < -0.4 is 0 Å². The molecule has 0 unspecified atom stereocenters. The van der Waals surface area contributed by atoms with Crippen molar-refractivity contribution < 1.29 is 4.79 Å². The van der Waals surface area contributed by atoms with Gasteiger partial charge in [0, 0.05) is 22.5 Å². The topological polar surface area (TPSA) is 34.9 Å². The van der Waals surface area contributed by atoms with E-state index in [0.29, 0.717) is 10.6 Å². The van der Waals surface area contributed by atoms with E-state index in [-0.39, 0.29) is 12.2 Å². The molecule has 3 aromatic rings. The first kappa shape index (κ1) is 14.3. The summed E-state index contributed by atoms with van der Waals surface area (Å²) in [5, 5.41) is 5.99. The lowest BCUT2D eigenvalue weighted by Crippen LogP contribution is -2.05. The summed E-state index contributed by atoms with van der Waals surface area (Å²) >= 11 is 9.36. The fraction of sp³-hybridized carbons (Fsp3) is 0.125. The van der Waals surface area contributed by atoms with Crippen LogP contribution in [0.15, 0.2) is 46.9 Å². The van der Waals surface area contributed by atoms with Gasteiger partial charge in [-0.05, 0) is 34.1 Å². The molecule has 21 heavy (non-hydrogen) atoms. The highest BCUT2D eigenvalue weighted by Crippen LogP contribution is 2.24. The summed E-state index contributed by atoms with van der Waals surface area (Å²) in [4.78, 5) is 12.4. The maximum Gasteiger partial charge on any atom is 0.168 e. The largest absolute Gasteiger partial charge is 0.294 e. The van der Waals surface area contributed by atoms with Gasteiger partial charge in [-0.1, -0.05) is 35.9 Å². The van der Waals surface area contributed by atoms with E-state index in [4.69, 9.17) is 11.6 Å². The van der Waals surface area contributed by atoms with E-state index in [0.717, 1.165) is 21.1 Å². The SMILES string of the molecule is Cn1nc(CC(=O)c2ccc(Br)c(Cl)c2)c2ccccc21. The minimum absolute atomic E-state index is 0.00764. The fourth-order valence-corrected chi connectivity index (χ4v) is 2.77. The van der Waals surface area contributed by atoms with Gasteiger partial charge in [0.1, 0.15) is 0 Å². The summed E-state index contributed by atoms with van der Waals surface area (Å²) < 4.78 is 2.58. The van der Waals surface area contributed by atoms with Crippen LogP contribution in [0.2, 0.25) is 5.02 Å². The van der Waals surface area contributed by atoms with Crippen LogP contribution in [-0.4, -0.2) is 15.6 Å². The van der Waals surface area contributed by atoms with Gasteiger partial charge in [0.15, 0.2) is 5.78 Å². The van der Waals surface area contributed by atoms with E-state index >= 15 is 0 Å². The van der Waals surface area contributed by atoms with Crippen LogP contribution in [0.1, 0.15) is 16.1 Å². The highest BCUT2D eigenvalue weighted by atomic mass is 79.9. The first-order valence-corrected chi connectivity index (χ1v) is 7.62. The number of rotatable bonds is 3. The van der Waals surface area contributed by atoms with Crippen LogP contribution in [0.4, 0.5) is 0 Å². The normalized spacial score (nSPS) is 11.0. The van der Waals surface area contributed by atoms with Gasteiger partial charge in [-0.3, -0.25) is 9.48 Å². The summed E-state index contributed by atoms with van der Waals surface area (Å²) in [5.74, 6) is 0.00764.